The summed E-state index contributed by atoms with van der Waals surface area (Å²) in [6.07, 6.45) is 1.08. The molecule has 0 aromatic heterocycles. The van der Waals surface area contributed by atoms with Gasteiger partial charge in [-0.05, 0) is 81.0 Å². The van der Waals surface area contributed by atoms with Gasteiger partial charge in [0.15, 0.2) is 5.11 Å². The predicted octanol–water partition coefficient (Wildman–Crippen LogP) is 3.15. The molecule has 0 spiro atoms. The van der Waals surface area contributed by atoms with Crippen molar-refractivity contribution in [3.8, 4) is 6.07 Å². The van der Waals surface area contributed by atoms with E-state index < -0.39 is 15.6 Å². The van der Waals surface area contributed by atoms with Crippen molar-refractivity contribution >= 4 is 50.3 Å². The zero-order valence-corrected chi connectivity index (χ0v) is 18.1. The van der Waals surface area contributed by atoms with Crippen LogP contribution in [-0.4, -0.2) is 31.2 Å². The molecule has 29 heavy (non-hydrogen) atoms. The third kappa shape index (κ3) is 3.81. The number of hydrogen-bond acceptors (Lipinski definition) is 5. The fourth-order valence-corrected chi connectivity index (χ4v) is 4.35. The van der Waals surface area contributed by atoms with E-state index in [0.29, 0.717) is 27.7 Å². The lowest BCUT2D eigenvalue weighted by Crippen LogP contribution is -2.44. The highest BCUT2D eigenvalue weighted by molar-refractivity contribution is 7.92. The fourth-order valence-electron chi connectivity index (χ4n) is 3.26. The molecule has 0 bridgehead atoms. The lowest BCUT2D eigenvalue weighted by molar-refractivity contribution is -0.120. The molecule has 1 amide bonds. The van der Waals surface area contributed by atoms with Gasteiger partial charge in [0.25, 0.3) is 5.91 Å². The Morgan fingerprint density at radius 2 is 1.69 bits per heavy atom. The van der Waals surface area contributed by atoms with E-state index in [-0.39, 0.29) is 5.91 Å². The molecule has 0 saturated carbocycles. The Morgan fingerprint density at radius 3 is 2.21 bits per heavy atom. The quantitative estimate of drug-likeness (QED) is 0.752. The molecule has 1 N–H and O–H groups in total. The summed E-state index contributed by atoms with van der Waals surface area (Å²) >= 11 is 5.63. The van der Waals surface area contributed by atoms with E-state index in [1.807, 2.05) is 6.92 Å². The summed E-state index contributed by atoms with van der Waals surface area (Å²) < 4.78 is 25.2. The maximum absolute atomic E-state index is 13.2. The number of carbonyl (C=O) groups excluding carboxylic acids is 1. The zero-order chi connectivity index (χ0) is 21.6. The van der Waals surface area contributed by atoms with Gasteiger partial charge in [0.05, 0.1) is 23.6 Å². The Morgan fingerprint density at radius 1 is 1.10 bits per heavy atom. The first-order chi connectivity index (χ1) is 13.5. The minimum atomic E-state index is -3.38. The third-order valence-electron chi connectivity index (χ3n) is 4.69. The lowest BCUT2D eigenvalue weighted by atomic mass is 10.0. The van der Waals surface area contributed by atoms with Crippen LogP contribution in [0, 0.1) is 18.3 Å². The molecule has 7 nitrogen and oxygen atoms in total. The number of anilines is 3. The molecule has 1 heterocycles. The van der Waals surface area contributed by atoms with E-state index in [2.05, 4.69) is 10.8 Å². The van der Waals surface area contributed by atoms with E-state index >= 15 is 0 Å². The third-order valence-corrected chi connectivity index (χ3v) is 5.66. The molecule has 1 fully saturated rings. The second-order valence-electron chi connectivity index (χ2n) is 7.35. The van der Waals surface area contributed by atoms with Crippen LogP contribution >= 0.6 is 12.2 Å². The van der Waals surface area contributed by atoms with Crippen LogP contribution in [-0.2, 0) is 14.8 Å². The van der Waals surface area contributed by atoms with Gasteiger partial charge in [-0.2, -0.15) is 5.26 Å². The SMILES string of the molecule is Cc1cc(N2C(=O)C(C)(C)N(c3ccc(NS(C)(=O)=O)cc3)C2=S)ccc1C#N. The molecule has 1 aliphatic heterocycles. The van der Waals surface area contributed by atoms with Crippen LogP contribution < -0.4 is 14.5 Å². The van der Waals surface area contributed by atoms with Gasteiger partial charge in [0.1, 0.15) is 5.54 Å². The van der Waals surface area contributed by atoms with E-state index in [1.54, 1.807) is 61.2 Å². The Bertz CT molecular complexity index is 1150. The van der Waals surface area contributed by atoms with Crippen molar-refractivity contribution < 1.29 is 13.2 Å². The van der Waals surface area contributed by atoms with Crippen LogP contribution in [0.5, 0.6) is 0 Å². The molecule has 0 aliphatic carbocycles. The van der Waals surface area contributed by atoms with Crippen molar-refractivity contribution in [1.29, 1.82) is 5.26 Å². The highest BCUT2D eigenvalue weighted by Gasteiger charge is 2.50. The lowest BCUT2D eigenvalue weighted by Gasteiger charge is -2.29. The number of hydrogen-bond donors (Lipinski definition) is 1. The number of nitrogens with zero attached hydrogens (tertiary/aromatic N) is 3. The topological polar surface area (TPSA) is 93.5 Å². The number of sulfonamides is 1. The molecule has 1 aliphatic rings. The van der Waals surface area contributed by atoms with Crippen LogP contribution in [0.3, 0.4) is 0 Å². The first kappa shape index (κ1) is 20.8. The normalized spacial score (nSPS) is 16.1. The van der Waals surface area contributed by atoms with Gasteiger partial charge in [0, 0.05) is 11.4 Å². The smallest absolute Gasteiger partial charge is 0.259 e. The first-order valence-corrected chi connectivity index (χ1v) is 11.0. The number of benzene rings is 2. The fraction of sp³-hybridized carbons (Fsp3) is 0.250. The van der Waals surface area contributed by atoms with E-state index in [4.69, 9.17) is 17.5 Å². The molecule has 2 aromatic carbocycles. The summed E-state index contributed by atoms with van der Waals surface area (Å²) in [6.45, 7) is 5.36. The maximum atomic E-state index is 13.2. The van der Waals surface area contributed by atoms with E-state index in [1.165, 1.54) is 4.90 Å². The maximum Gasteiger partial charge on any atom is 0.259 e. The van der Waals surface area contributed by atoms with Crippen molar-refractivity contribution in [3.05, 3.63) is 53.6 Å². The largest absolute Gasteiger partial charge is 0.304 e. The molecule has 0 atom stereocenters. The van der Waals surface area contributed by atoms with Gasteiger partial charge in [-0.1, -0.05) is 0 Å². The van der Waals surface area contributed by atoms with Crippen molar-refractivity contribution in [1.82, 2.24) is 0 Å². The molecular weight excluding hydrogens is 408 g/mol. The van der Waals surface area contributed by atoms with Crippen molar-refractivity contribution in [2.45, 2.75) is 26.3 Å². The second-order valence-corrected chi connectivity index (χ2v) is 9.46. The predicted molar refractivity (Wildman–Crippen MR) is 117 cm³/mol. The molecule has 3 rings (SSSR count). The zero-order valence-electron chi connectivity index (χ0n) is 16.4. The second kappa shape index (κ2) is 7.13. The van der Waals surface area contributed by atoms with Crippen LogP contribution in [0.4, 0.5) is 17.1 Å². The van der Waals surface area contributed by atoms with E-state index in [0.717, 1.165) is 11.8 Å². The summed E-state index contributed by atoms with van der Waals surface area (Å²) in [4.78, 5) is 16.4. The molecule has 150 valence electrons. The Kier molecular flexibility index (Phi) is 5.11. The van der Waals surface area contributed by atoms with Gasteiger partial charge in [0.2, 0.25) is 10.0 Å². The first-order valence-electron chi connectivity index (χ1n) is 8.73. The summed E-state index contributed by atoms with van der Waals surface area (Å²) in [7, 11) is -3.38. The van der Waals surface area contributed by atoms with Crippen LogP contribution in [0.1, 0.15) is 25.0 Å². The van der Waals surface area contributed by atoms with Crippen LogP contribution in [0.2, 0.25) is 0 Å². The molecule has 0 radical (unpaired) electrons. The number of amides is 1. The Balaban J connectivity index is 1.99. The van der Waals surface area contributed by atoms with Crippen molar-refractivity contribution in [2.24, 2.45) is 0 Å². The molecule has 2 aromatic rings. The number of aryl methyl sites for hydroxylation is 1. The van der Waals surface area contributed by atoms with Gasteiger partial charge < -0.3 is 4.90 Å². The van der Waals surface area contributed by atoms with Gasteiger partial charge >= 0.3 is 0 Å². The minimum absolute atomic E-state index is 0.190. The van der Waals surface area contributed by atoms with E-state index in [9.17, 15) is 13.2 Å². The standard InChI is InChI=1S/C20H20N4O3S2/c1-13-11-17(8-5-14(13)12-21)23-18(25)20(2,3)24(19(23)28)16-9-6-15(7-10-16)22-29(4,26)27/h5-11,22H,1-4H3. The highest BCUT2D eigenvalue weighted by atomic mass is 32.2. The molecular formula is C20H20N4O3S2. The highest BCUT2D eigenvalue weighted by Crippen LogP contribution is 2.37. The molecule has 1 saturated heterocycles. The van der Waals surface area contributed by atoms with Crippen molar-refractivity contribution in [3.63, 3.8) is 0 Å². The summed E-state index contributed by atoms with van der Waals surface area (Å²) in [6, 6.07) is 13.9. The number of thiocarbonyl (C=S) groups is 1. The number of rotatable bonds is 4. The summed E-state index contributed by atoms with van der Waals surface area (Å²) in [5.74, 6) is -0.190. The Labute approximate surface area is 175 Å². The minimum Gasteiger partial charge on any atom is -0.304 e. The van der Waals surface area contributed by atoms with Crippen molar-refractivity contribution in [2.75, 3.05) is 20.8 Å². The number of nitrogens with one attached hydrogen (secondary N) is 1. The van der Waals surface area contributed by atoms with Gasteiger partial charge in [-0.25, -0.2) is 8.42 Å². The molecule has 0 unspecified atom stereocenters. The average Bonchev–Trinajstić information content (AvgIpc) is 2.79. The monoisotopic (exact) mass is 428 g/mol. The summed E-state index contributed by atoms with van der Waals surface area (Å²) in [5.41, 5.74) is 2.04. The van der Waals surface area contributed by atoms with Gasteiger partial charge in [-0.3, -0.25) is 14.4 Å². The number of carbonyl (C=O) groups is 1. The van der Waals surface area contributed by atoms with Gasteiger partial charge in [-0.15, -0.1) is 0 Å². The Hall–Kier alpha value is -2.96. The summed E-state index contributed by atoms with van der Waals surface area (Å²) in [5, 5.41) is 9.45. The molecule has 9 heteroatoms. The average molecular weight is 429 g/mol. The number of nitriles is 1. The van der Waals surface area contributed by atoms with Crippen LogP contribution in [0.15, 0.2) is 42.5 Å². The van der Waals surface area contributed by atoms with Crippen LogP contribution in [0.25, 0.3) is 0 Å².